The lowest BCUT2D eigenvalue weighted by atomic mass is 10.2. The number of aliphatic carboxylic acids is 1. The van der Waals surface area contributed by atoms with Gasteiger partial charge in [0.1, 0.15) is 13.2 Å². The summed E-state index contributed by atoms with van der Waals surface area (Å²) in [6, 6.07) is 7.08. The molecule has 2 N–H and O–H groups in total. The van der Waals surface area contributed by atoms with Gasteiger partial charge in [0.2, 0.25) is 5.91 Å². The second-order valence-electron chi connectivity index (χ2n) is 3.29. The smallest absolute Gasteiger partial charge is 0.329 e. The van der Waals surface area contributed by atoms with Crippen LogP contribution < -0.4 is 5.32 Å². The maximum atomic E-state index is 11.2. The summed E-state index contributed by atoms with van der Waals surface area (Å²) in [5, 5.41) is 11.5. The number of carboxylic acids is 1. The highest BCUT2D eigenvalue weighted by molar-refractivity contribution is 6.30. The minimum Gasteiger partial charge on any atom is -0.480 e. The van der Waals surface area contributed by atoms with Crippen LogP contribution in [0.25, 0.3) is 0 Å². The maximum Gasteiger partial charge on any atom is 0.329 e. The Bertz CT molecular complexity index is 408. The molecule has 0 fully saturated rings. The first-order valence-corrected chi connectivity index (χ1v) is 5.26. The Morgan fingerprint density at radius 3 is 2.76 bits per heavy atom. The molecule has 0 bridgehead atoms. The van der Waals surface area contributed by atoms with Crippen molar-refractivity contribution in [3.8, 4) is 0 Å². The van der Waals surface area contributed by atoms with Gasteiger partial charge in [-0.1, -0.05) is 23.7 Å². The van der Waals surface area contributed by atoms with Crippen LogP contribution in [0.15, 0.2) is 24.3 Å². The average molecular weight is 258 g/mol. The lowest BCUT2D eigenvalue weighted by Crippen LogP contribution is -2.28. The number of carbonyl (C=O) groups is 2. The standard InChI is InChI=1S/C11H12ClNO4/c12-9-3-1-2-8(4-9)5-13-10(14)6-17-7-11(15)16/h1-4H,5-7H2,(H,13,14)(H,15,16). The Kier molecular flexibility index (Phi) is 5.45. The molecule has 1 rings (SSSR count). The number of nitrogens with one attached hydrogen (secondary N) is 1. The average Bonchev–Trinajstić information content (AvgIpc) is 2.26. The predicted octanol–water partition coefficient (Wildman–Crippen LogP) is 1.06. The fourth-order valence-corrected chi connectivity index (χ4v) is 1.34. The topological polar surface area (TPSA) is 75.6 Å². The Morgan fingerprint density at radius 2 is 2.12 bits per heavy atom. The van der Waals surface area contributed by atoms with Crippen LogP contribution in [0.3, 0.4) is 0 Å². The number of amides is 1. The normalized spacial score (nSPS) is 9.94. The van der Waals surface area contributed by atoms with Crippen LogP contribution >= 0.6 is 11.6 Å². The number of hydrogen-bond acceptors (Lipinski definition) is 3. The third kappa shape index (κ3) is 5.89. The van der Waals surface area contributed by atoms with Crippen LogP contribution in [0, 0.1) is 0 Å². The van der Waals surface area contributed by atoms with E-state index in [1.165, 1.54) is 0 Å². The van der Waals surface area contributed by atoms with E-state index in [-0.39, 0.29) is 12.5 Å². The number of carbonyl (C=O) groups excluding carboxylic acids is 1. The van der Waals surface area contributed by atoms with Crippen LogP contribution in [0.1, 0.15) is 5.56 Å². The van der Waals surface area contributed by atoms with E-state index in [1.807, 2.05) is 6.07 Å². The number of halogens is 1. The number of ether oxygens (including phenoxy) is 1. The minimum atomic E-state index is -1.10. The van der Waals surface area contributed by atoms with Crippen molar-refractivity contribution in [2.75, 3.05) is 13.2 Å². The van der Waals surface area contributed by atoms with Gasteiger partial charge in [0.25, 0.3) is 0 Å². The summed E-state index contributed by atoms with van der Waals surface area (Å²) in [5.41, 5.74) is 0.865. The van der Waals surface area contributed by atoms with Gasteiger partial charge in [-0.15, -0.1) is 0 Å². The molecule has 0 heterocycles. The molecule has 1 aromatic carbocycles. The van der Waals surface area contributed by atoms with Crippen LogP contribution in [0.4, 0.5) is 0 Å². The Labute approximate surface area is 103 Å². The second-order valence-corrected chi connectivity index (χ2v) is 3.73. The highest BCUT2D eigenvalue weighted by atomic mass is 35.5. The number of hydrogen-bond donors (Lipinski definition) is 2. The molecule has 0 spiro atoms. The molecular weight excluding hydrogens is 246 g/mol. The van der Waals surface area contributed by atoms with Crippen LogP contribution in [-0.2, 0) is 20.9 Å². The zero-order valence-electron chi connectivity index (χ0n) is 8.98. The van der Waals surface area contributed by atoms with Gasteiger partial charge in [-0.3, -0.25) is 4.79 Å². The summed E-state index contributed by atoms with van der Waals surface area (Å²) in [6.45, 7) is -0.423. The molecular formula is C11H12ClNO4. The minimum absolute atomic E-state index is 0.271. The van der Waals surface area contributed by atoms with Crippen LogP contribution in [0.5, 0.6) is 0 Å². The van der Waals surface area contributed by atoms with Gasteiger partial charge in [0.15, 0.2) is 0 Å². The van der Waals surface area contributed by atoms with Crippen molar-refractivity contribution >= 4 is 23.5 Å². The molecule has 1 amide bonds. The molecule has 17 heavy (non-hydrogen) atoms. The van der Waals surface area contributed by atoms with Gasteiger partial charge in [0, 0.05) is 11.6 Å². The Morgan fingerprint density at radius 1 is 1.35 bits per heavy atom. The monoisotopic (exact) mass is 257 g/mol. The molecule has 0 aliphatic carbocycles. The molecule has 0 aliphatic rings. The lowest BCUT2D eigenvalue weighted by Gasteiger charge is -2.05. The van der Waals surface area contributed by atoms with E-state index in [2.05, 4.69) is 10.1 Å². The fourth-order valence-electron chi connectivity index (χ4n) is 1.13. The van der Waals surface area contributed by atoms with E-state index in [4.69, 9.17) is 16.7 Å². The molecule has 6 heteroatoms. The molecule has 0 atom stereocenters. The third-order valence-corrected chi connectivity index (χ3v) is 2.07. The third-order valence-electron chi connectivity index (χ3n) is 1.84. The Hall–Kier alpha value is -1.59. The van der Waals surface area contributed by atoms with E-state index in [0.29, 0.717) is 11.6 Å². The molecule has 5 nitrogen and oxygen atoms in total. The van der Waals surface area contributed by atoms with Gasteiger partial charge in [0.05, 0.1) is 0 Å². The van der Waals surface area contributed by atoms with E-state index >= 15 is 0 Å². The van der Waals surface area contributed by atoms with Gasteiger partial charge < -0.3 is 15.2 Å². The molecule has 0 aliphatic heterocycles. The first-order chi connectivity index (χ1) is 8.08. The summed E-state index contributed by atoms with van der Waals surface area (Å²) < 4.78 is 4.63. The van der Waals surface area contributed by atoms with Crippen molar-refractivity contribution in [2.24, 2.45) is 0 Å². The van der Waals surface area contributed by atoms with E-state index < -0.39 is 12.6 Å². The maximum absolute atomic E-state index is 11.2. The van der Waals surface area contributed by atoms with Gasteiger partial charge in [-0.05, 0) is 17.7 Å². The van der Waals surface area contributed by atoms with Crippen molar-refractivity contribution in [1.29, 1.82) is 0 Å². The first kappa shape index (κ1) is 13.5. The quantitative estimate of drug-likeness (QED) is 0.799. The fraction of sp³-hybridized carbons (Fsp3) is 0.273. The SMILES string of the molecule is O=C(O)COCC(=O)NCc1cccc(Cl)c1. The largest absolute Gasteiger partial charge is 0.480 e. The summed E-state index contributed by atoms with van der Waals surface area (Å²) in [5.74, 6) is -1.47. The zero-order chi connectivity index (χ0) is 12.7. The summed E-state index contributed by atoms with van der Waals surface area (Å²) in [6.07, 6.45) is 0. The van der Waals surface area contributed by atoms with Crippen molar-refractivity contribution in [2.45, 2.75) is 6.54 Å². The molecule has 0 aromatic heterocycles. The van der Waals surface area contributed by atoms with Crippen LogP contribution in [0.2, 0.25) is 5.02 Å². The second kappa shape index (κ2) is 6.88. The van der Waals surface area contributed by atoms with E-state index in [9.17, 15) is 9.59 Å². The number of rotatable bonds is 6. The highest BCUT2D eigenvalue weighted by Crippen LogP contribution is 2.09. The summed E-state index contributed by atoms with van der Waals surface area (Å²) in [7, 11) is 0. The van der Waals surface area contributed by atoms with Crippen molar-refractivity contribution in [3.63, 3.8) is 0 Å². The first-order valence-electron chi connectivity index (χ1n) is 4.88. The molecule has 0 radical (unpaired) electrons. The summed E-state index contributed by atoms with van der Waals surface area (Å²) in [4.78, 5) is 21.3. The summed E-state index contributed by atoms with van der Waals surface area (Å²) >= 11 is 5.78. The van der Waals surface area contributed by atoms with E-state index in [1.54, 1.807) is 18.2 Å². The molecule has 0 saturated carbocycles. The lowest BCUT2D eigenvalue weighted by molar-refractivity contribution is -0.143. The molecule has 0 unspecified atom stereocenters. The van der Waals surface area contributed by atoms with Crippen molar-refractivity contribution in [1.82, 2.24) is 5.32 Å². The van der Waals surface area contributed by atoms with Gasteiger partial charge >= 0.3 is 5.97 Å². The highest BCUT2D eigenvalue weighted by Gasteiger charge is 2.03. The van der Waals surface area contributed by atoms with Gasteiger partial charge in [-0.25, -0.2) is 4.79 Å². The van der Waals surface area contributed by atoms with Gasteiger partial charge in [-0.2, -0.15) is 0 Å². The molecule has 1 aromatic rings. The molecule has 0 saturated heterocycles. The van der Waals surface area contributed by atoms with Crippen molar-refractivity contribution in [3.05, 3.63) is 34.9 Å². The predicted molar refractivity (Wildman–Crippen MR) is 61.8 cm³/mol. The zero-order valence-corrected chi connectivity index (χ0v) is 9.74. The Balaban J connectivity index is 2.26. The number of carboxylic acid groups (broad SMARTS) is 1. The van der Waals surface area contributed by atoms with E-state index in [0.717, 1.165) is 5.56 Å². The number of benzene rings is 1. The van der Waals surface area contributed by atoms with Crippen LogP contribution in [-0.4, -0.2) is 30.2 Å². The van der Waals surface area contributed by atoms with Crippen molar-refractivity contribution < 1.29 is 19.4 Å². The molecule has 92 valence electrons.